The van der Waals surface area contributed by atoms with E-state index in [0.717, 1.165) is 6.20 Å². The minimum Gasteiger partial charge on any atom is -0.398 e. The Morgan fingerprint density at radius 3 is 2.50 bits per heavy atom. The molecule has 0 saturated carbocycles. The Hall–Kier alpha value is -3.92. The lowest BCUT2D eigenvalue weighted by atomic mass is 10.1. The summed E-state index contributed by atoms with van der Waals surface area (Å²) >= 11 is 0. The van der Waals surface area contributed by atoms with Gasteiger partial charge in [0.1, 0.15) is 11.6 Å². The highest BCUT2D eigenvalue weighted by molar-refractivity contribution is 6.08. The third-order valence-corrected chi connectivity index (χ3v) is 3.45. The molecular weight excluding hydrogens is 332 g/mol. The Morgan fingerprint density at radius 1 is 1.12 bits per heavy atom. The van der Waals surface area contributed by atoms with Crippen LogP contribution < -0.4 is 16.4 Å². The second-order valence-electron chi connectivity index (χ2n) is 5.32. The van der Waals surface area contributed by atoms with Crippen molar-refractivity contribution in [2.45, 2.75) is 6.92 Å². The molecule has 26 heavy (non-hydrogen) atoms. The van der Waals surface area contributed by atoms with Gasteiger partial charge in [0.15, 0.2) is 5.78 Å². The van der Waals surface area contributed by atoms with E-state index < -0.39 is 11.8 Å². The van der Waals surface area contributed by atoms with E-state index in [4.69, 9.17) is 11.0 Å². The zero-order chi connectivity index (χ0) is 19.1. The number of ketones is 1. The van der Waals surface area contributed by atoms with E-state index in [1.54, 1.807) is 42.5 Å². The first-order chi connectivity index (χ1) is 12.4. The summed E-state index contributed by atoms with van der Waals surface area (Å²) in [5, 5.41) is 14.0. The number of anilines is 2. The number of carbonyl (C=O) groups excluding carboxylic acids is 3. The maximum absolute atomic E-state index is 12.2. The molecule has 0 atom stereocenters. The molecule has 0 heterocycles. The van der Waals surface area contributed by atoms with Crippen molar-refractivity contribution >= 4 is 29.0 Å². The Balaban J connectivity index is 2.11. The molecule has 2 aromatic rings. The van der Waals surface area contributed by atoms with Crippen molar-refractivity contribution in [3.63, 3.8) is 0 Å². The summed E-state index contributed by atoms with van der Waals surface area (Å²) < 4.78 is 0. The van der Waals surface area contributed by atoms with Gasteiger partial charge in [0.25, 0.3) is 11.8 Å². The van der Waals surface area contributed by atoms with E-state index in [-0.39, 0.29) is 22.6 Å². The number of nitrogen functional groups attached to an aromatic ring is 1. The van der Waals surface area contributed by atoms with Gasteiger partial charge in [-0.05, 0) is 31.2 Å². The van der Waals surface area contributed by atoms with Crippen LogP contribution in [0.25, 0.3) is 0 Å². The van der Waals surface area contributed by atoms with Crippen LogP contribution in [0.4, 0.5) is 11.4 Å². The molecule has 4 N–H and O–H groups in total. The molecule has 0 bridgehead atoms. The monoisotopic (exact) mass is 348 g/mol. The molecule has 0 spiro atoms. The molecule has 0 saturated heterocycles. The van der Waals surface area contributed by atoms with E-state index in [1.165, 1.54) is 19.1 Å². The van der Waals surface area contributed by atoms with Crippen LogP contribution in [-0.2, 0) is 4.79 Å². The average molecular weight is 348 g/mol. The number of amides is 2. The zero-order valence-electron chi connectivity index (χ0n) is 13.9. The first-order valence-electron chi connectivity index (χ1n) is 7.60. The number of Topliss-reactive ketones (excluding diaryl/α,β-unsaturated/α-hetero) is 1. The van der Waals surface area contributed by atoms with Gasteiger partial charge >= 0.3 is 0 Å². The molecular formula is C19H16N4O3. The summed E-state index contributed by atoms with van der Waals surface area (Å²) in [5.74, 6) is -1.40. The fourth-order valence-electron chi connectivity index (χ4n) is 2.08. The van der Waals surface area contributed by atoms with E-state index in [1.807, 2.05) is 0 Å². The van der Waals surface area contributed by atoms with E-state index in [9.17, 15) is 14.4 Å². The number of nitrogens with one attached hydrogen (secondary N) is 2. The summed E-state index contributed by atoms with van der Waals surface area (Å²) in [5.41, 5.74) is 6.71. The number of para-hydroxylation sites is 1. The van der Waals surface area contributed by atoms with Crippen LogP contribution in [0.2, 0.25) is 0 Å². The predicted octanol–water partition coefficient (Wildman–Crippen LogP) is 2.25. The minimum absolute atomic E-state index is 0.148. The first-order valence-corrected chi connectivity index (χ1v) is 7.60. The van der Waals surface area contributed by atoms with Crippen LogP contribution in [0.5, 0.6) is 0 Å². The number of rotatable bonds is 5. The molecule has 2 aromatic carbocycles. The summed E-state index contributed by atoms with van der Waals surface area (Å²) in [4.78, 5) is 35.6. The number of nitrogens with zero attached hydrogens (tertiary/aromatic N) is 1. The molecule has 2 amide bonds. The number of hydrogen-bond donors (Lipinski definition) is 3. The topological polar surface area (TPSA) is 125 Å². The van der Waals surface area contributed by atoms with Crippen molar-refractivity contribution in [2.75, 3.05) is 11.1 Å². The highest BCUT2D eigenvalue weighted by Crippen LogP contribution is 2.13. The quantitative estimate of drug-likeness (QED) is 0.331. The van der Waals surface area contributed by atoms with E-state index in [0.29, 0.717) is 11.3 Å². The largest absolute Gasteiger partial charge is 0.398 e. The van der Waals surface area contributed by atoms with Gasteiger partial charge in [-0.25, -0.2) is 0 Å². The smallest absolute Gasteiger partial charge is 0.267 e. The Kier molecular flexibility index (Phi) is 5.85. The van der Waals surface area contributed by atoms with Crippen molar-refractivity contribution < 1.29 is 14.4 Å². The molecule has 0 aliphatic carbocycles. The van der Waals surface area contributed by atoms with Gasteiger partial charge < -0.3 is 16.4 Å². The van der Waals surface area contributed by atoms with Crippen LogP contribution in [0.15, 0.2) is 60.3 Å². The van der Waals surface area contributed by atoms with Crippen LogP contribution in [0.3, 0.4) is 0 Å². The van der Waals surface area contributed by atoms with Gasteiger partial charge in [-0.1, -0.05) is 24.3 Å². The molecule has 7 heteroatoms. The molecule has 0 radical (unpaired) electrons. The van der Waals surface area contributed by atoms with Crippen molar-refractivity contribution in [1.29, 1.82) is 5.26 Å². The molecule has 130 valence electrons. The summed E-state index contributed by atoms with van der Waals surface area (Å²) in [6, 6.07) is 14.5. The van der Waals surface area contributed by atoms with Gasteiger partial charge in [-0.2, -0.15) is 5.26 Å². The fraction of sp³-hybridized carbons (Fsp3) is 0.0526. The van der Waals surface area contributed by atoms with E-state index in [2.05, 4.69) is 10.6 Å². The molecule has 0 aliphatic heterocycles. The summed E-state index contributed by atoms with van der Waals surface area (Å²) in [6.07, 6.45) is 1.01. The lowest BCUT2D eigenvalue weighted by Gasteiger charge is -2.07. The standard InChI is InChI=1S/C19H16N4O3/c1-12(24)13-5-4-6-15(9-13)23-18(25)14(10-20)11-22-19(26)16-7-2-3-8-17(16)21/h2-9,11H,21H2,1H3,(H,22,26)(H,23,25)/b14-11-. The molecule has 0 aliphatic rings. The predicted molar refractivity (Wildman–Crippen MR) is 97.1 cm³/mol. The lowest BCUT2D eigenvalue weighted by molar-refractivity contribution is -0.112. The van der Waals surface area contributed by atoms with E-state index >= 15 is 0 Å². The van der Waals surface area contributed by atoms with Gasteiger partial charge in [0.2, 0.25) is 0 Å². The molecule has 2 rings (SSSR count). The van der Waals surface area contributed by atoms with Gasteiger partial charge in [0.05, 0.1) is 5.56 Å². The number of hydrogen-bond acceptors (Lipinski definition) is 5. The second kappa shape index (κ2) is 8.26. The maximum Gasteiger partial charge on any atom is 0.267 e. The van der Waals surface area contributed by atoms with Crippen molar-refractivity contribution in [1.82, 2.24) is 5.32 Å². The van der Waals surface area contributed by atoms with Crippen LogP contribution in [-0.4, -0.2) is 17.6 Å². The number of nitriles is 1. The first kappa shape index (κ1) is 18.4. The molecule has 0 fully saturated rings. The summed E-state index contributed by atoms with van der Waals surface area (Å²) in [7, 11) is 0. The van der Waals surface area contributed by atoms with Crippen LogP contribution in [0, 0.1) is 11.3 Å². The van der Waals surface area contributed by atoms with Crippen LogP contribution in [0.1, 0.15) is 27.6 Å². The number of carbonyl (C=O) groups is 3. The lowest BCUT2D eigenvalue weighted by Crippen LogP contribution is -2.22. The molecule has 0 aromatic heterocycles. The Labute approximate surface area is 150 Å². The van der Waals surface area contributed by atoms with Crippen molar-refractivity contribution in [3.05, 3.63) is 71.4 Å². The van der Waals surface area contributed by atoms with Crippen molar-refractivity contribution in [2.24, 2.45) is 0 Å². The number of benzene rings is 2. The highest BCUT2D eigenvalue weighted by Gasteiger charge is 2.12. The Morgan fingerprint density at radius 2 is 1.85 bits per heavy atom. The normalized spacial score (nSPS) is 10.5. The zero-order valence-corrected chi connectivity index (χ0v) is 13.9. The third-order valence-electron chi connectivity index (χ3n) is 3.45. The summed E-state index contributed by atoms with van der Waals surface area (Å²) in [6.45, 7) is 1.41. The fourth-order valence-corrected chi connectivity index (χ4v) is 2.08. The molecule has 7 nitrogen and oxygen atoms in total. The average Bonchev–Trinajstić information content (AvgIpc) is 2.62. The maximum atomic E-state index is 12.2. The second-order valence-corrected chi connectivity index (χ2v) is 5.32. The minimum atomic E-state index is -0.713. The SMILES string of the molecule is CC(=O)c1cccc(NC(=O)/C(C#N)=C\NC(=O)c2ccccc2N)c1. The number of nitrogens with two attached hydrogens (primary N) is 1. The highest BCUT2D eigenvalue weighted by atomic mass is 16.2. The van der Waals surface area contributed by atoms with Gasteiger partial charge in [0, 0.05) is 23.1 Å². The molecule has 0 unspecified atom stereocenters. The van der Waals surface area contributed by atoms with Gasteiger partial charge in [-0.15, -0.1) is 0 Å². The van der Waals surface area contributed by atoms with Crippen LogP contribution >= 0.6 is 0 Å². The Bertz CT molecular complexity index is 942. The van der Waals surface area contributed by atoms with Gasteiger partial charge in [-0.3, -0.25) is 14.4 Å². The third kappa shape index (κ3) is 4.55. The van der Waals surface area contributed by atoms with Crippen molar-refractivity contribution in [3.8, 4) is 6.07 Å².